The zero-order valence-electron chi connectivity index (χ0n) is 13.1. The number of hydrogen-bond acceptors (Lipinski definition) is 2. The van der Waals surface area contributed by atoms with Gasteiger partial charge in [-0.2, -0.15) is 4.57 Å². The van der Waals surface area contributed by atoms with Crippen LogP contribution in [0, 0.1) is 6.92 Å². The molecule has 110 valence electrons. The molecule has 3 rings (SSSR count). The van der Waals surface area contributed by atoms with Crippen LogP contribution in [0.5, 0.6) is 0 Å². The van der Waals surface area contributed by atoms with Gasteiger partial charge in [0.1, 0.15) is 12.6 Å². The van der Waals surface area contributed by atoms with Crippen LogP contribution in [0.25, 0.3) is 34.5 Å². The van der Waals surface area contributed by atoms with Crippen molar-refractivity contribution in [2.75, 3.05) is 0 Å². The Hall–Kier alpha value is -2.68. The van der Waals surface area contributed by atoms with Crippen molar-refractivity contribution in [2.45, 2.75) is 13.8 Å². The lowest BCUT2D eigenvalue weighted by molar-refractivity contribution is -0.659. The number of fused-ring (bicyclic) bond motifs is 1. The third-order valence-electron chi connectivity index (χ3n) is 3.98. The molecule has 0 unspecified atom stereocenters. The number of allylic oxidation sites excluding steroid dienone is 1. The van der Waals surface area contributed by atoms with E-state index in [1.165, 1.54) is 17.5 Å². The summed E-state index contributed by atoms with van der Waals surface area (Å²) in [5, 5.41) is 0. The summed E-state index contributed by atoms with van der Waals surface area (Å²) in [7, 11) is 2.02. The molecule has 22 heavy (non-hydrogen) atoms. The van der Waals surface area contributed by atoms with Gasteiger partial charge in [-0.05, 0) is 36.6 Å². The van der Waals surface area contributed by atoms with Gasteiger partial charge in [-0.25, -0.2) is 4.98 Å². The molecule has 0 saturated heterocycles. The fourth-order valence-electron chi connectivity index (χ4n) is 2.85. The number of aromatic nitrogens is 2. The minimum Gasteiger partial charge on any atom is -0.436 e. The van der Waals surface area contributed by atoms with Gasteiger partial charge in [0.2, 0.25) is 5.58 Å². The predicted molar refractivity (Wildman–Crippen MR) is 90.2 cm³/mol. The van der Waals surface area contributed by atoms with E-state index in [0.29, 0.717) is 0 Å². The minimum atomic E-state index is 0.811. The highest BCUT2D eigenvalue weighted by atomic mass is 16.3. The summed E-state index contributed by atoms with van der Waals surface area (Å²) in [6, 6.07) is 6.18. The molecule has 1 aromatic carbocycles. The Bertz CT molecular complexity index is 888. The van der Waals surface area contributed by atoms with E-state index in [2.05, 4.69) is 41.3 Å². The van der Waals surface area contributed by atoms with Gasteiger partial charge in [0, 0.05) is 6.07 Å². The lowest BCUT2D eigenvalue weighted by atomic mass is 9.94. The molecule has 2 aromatic heterocycles. The highest BCUT2D eigenvalue weighted by Crippen LogP contribution is 2.31. The van der Waals surface area contributed by atoms with Crippen molar-refractivity contribution >= 4 is 23.3 Å². The van der Waals surface area contributed by atoms with Gasteiger partial charge in [0.05, 0.1) is 5.56 Å². The predicted octanol–water partition coefficient (Wildman–Crippen LogP) is 4.30. The maximum atomic E-state index is 5.63. The average Bonchev–Trinajstić information content (AvgIpc) is 2.98. The quantitative estimate of drug-likeness (QED) is 0.673. The molecule has 0 atom stereocenters. The molecule has 0 aliphatic heterocycles. The fourth-order valence-corrected chi connectivity index (χ4v) is 2.85. The molecule has 0 fully saturated rings. The molecule has 3 nitrogen and oxygen atoms in total. The van der Waals surface area contributed by atoms with E-state index in [-0.39, 0.29) is 0 Å². The summed E-state index contributed by atoms with van der Waals surface area (Å²) >= 11 is 0. The summed E-state index contributed by atoms with van der Waals surface area (Å²) < 4.78 is 7.70. The molecule has 0 saturated carbocycles. The second kappa shape index (κ2) is 5.60. The maximum absolute atomic E-state index is 5.63. The first-order valence-electron chi connectivity index (χ1n) is 7.28. The van der Waals surface area contributed by atoms with Crippen molar-refractivity contribution in [1.29, 1.82) is 0 Å². The van der Waals surface area contributed by atoms with Crippen molar-refractivity contribution in [3.8, 4) is 11.3 Å². The number of oxazole rings is 1. The Morgan fingerprint density at radius 2 is 2.09 bits per heavy atom. The average molecular weight is 291 g/mol. The van der Waals surface area contributed by atoms with E-state index in [0.717, 1.165) is 27.9 Å². The van der Waals surface area contributed by atoms with E-state index in [1.807, 2.05) is 38.4 Å². The number of hydrogen-bond donors (Lipinski definition) is 0. The highest BCUT2D eigenvalue weighted by Gasteiger charge is 2.21. The molecule has 0 bridgehead atoms. The Morgan fingerprint density at radius 1 is 1.27 bits per heavy atom. The van der Waals surface area contributed by atoms with E-state index in [1.54, 1.807) is 0 Å². The van der Waals surface area contributed by atoms with Gasteiger partial charge < -0.3 is 4.42 Å². The maximum Gasteiger partial charge on any atom is 0.257 e. The summed E-state index contributed by atoms with van der Waals surface area (Å²) in [5.41, 5.74) is 7.38. The molecule has 2 heterocycles. The zero-order valence-corrected chi connectivity index (χ0v) is 13.1. The van der Waals surface area contributed by atoms with E-state index in [9.17, 15) is 0 Å². The van der Waals surface area contributed by atoms with Gasteiger partial charge in [-0.3, -0.25) is 0 Å². The van der Waals surface area contributed by atoms with Crippen LogP contribution in [0.1, 0.15) is 23.6 Å². The van der Waals surface area contributed by atoms with Crippen LogP contribution in [0.4, 0.5) is 0 Å². The monoisotopic (exact) mass is 291 g/mol. The third kappa shape index (κ3) is 2.15. The van der Waals surface area contributed by atoms with Gasteiger partial charge in [0.25, 0.3) is 5.69 Å². The molecule has 0 spiro atoms. The van der Waals surface area contributed by atoms with Gasteiger partial charge in [-0.15, -0.1) is 0 Å². The van der Waals surface area contributed by atoms with Gasteiger partial charge >= 0.3 is 0 Å². The molecule has 0 aliphatic carbocycles. The topological polar surface area (TPSA) is 29.9 Å². The fraction of sp³-hybridized carbons (Fsp3) is 0.158. The van der Waals surface area contributed by atoms with Crippen molar-refractivity contribution in [2.24, 2.45) is 7.05 Å². The highest BCUT2D eigenvalue weighted by molar-refractivity contribution is 5.88. The van der Waals surface area contributed by atoms with E-state index >= 15 is 0 Å². The Balaban J connectivity index is 2.36. The standard InChI is InChI=1S/C19H19N2O/c1-5-7-15-13(3)16(9-8-14(15)6-2)18-19-17(20-12-22-19)10-11-21(18)4/h5-12H,2H2,1,3-4H3/q+1/b7-5-. The van der Waals surface area contributed by atoms with Gasteiger partial charge in [-0.1, -0.05) is 30.9 Å². The first kappa shape index (κ1) is 14.3. The molecule has 3 aromatic rings. The second-order valence-corrected chi connectivity index (χ2v) is 5.29. The smallest absolute Gasteiger partial charge is 0.257 e. The number of nitrogens with zero attached hydrogens (tertiary/aromatic N) is 2. The van der Waals surface area contributed by atoms with Crippen molar-refractivity contribution in [3.05, 3.63) is 60.1 Å². The SMILES string of the molecule is C=Cc1ccc(-c2c3ocnc3cc[n+]2C)c(C)c1/C=C\C. The van der Waals surface area contributed by atoms with Crippen LogP contribution in [0.3, 0.4) is 0 Å². The van der Waals surface area contributed by atoms with Crippen LogP contribution >= 0.6 is 0 Å². The van der Waals surface area contributed by atoms with E-state index < -0.39 is 0 Å². The van der Waals surface area contributed by atoms with Crippen LogP contribution in [-0.2, 0) is 7.05 Å². The molecular weight excluding hydrogens is 272 g/mol. The number of benzene rings is 1. The number of pyridine rings is 1. The van der Waals surface area contributed by atoms with E-state index in [4.69, 9.17) is 4.42 Å². The second-order valence-electron chi connectivity index (χ2n) is 5.29. The number of aryl methyl sites for hydroxylation is 1. The lowest BCUT2D eigenvalue weighted by Crippen LogP contribution is -2.30. The molecule has 3 heteroatoms. The Labute approximate surface area is 130 Å². The van der Waals surface area contributed by atoms with Crippen molar-refractivity contribution < 1.29 is 8.98 Å². The summed E-state index contributed by atoms with van der Waals surface area (Å²) in [5.74, 6) is 0. The zero-order chi connectivity index (χ0) is 15.7. The molecule has 0 radical (unpaired) electrons. The van der Waals surface area contributed by atoms with Crippen molar-refractivity contribution in [3.63, 3.8) is 0 Å². The van der Waals surface area contributed by atoms with Crippen LogP contribution in [0.15, 0.2) is 47.9 Å². The first-order chi connectivity index (χ1) is 10.7. The van der Waals surface area contributed by atoms with Crippen LogP contribution < -0.4 is 4.57 Å². The Morgan fingerprint density at radius 3 is 2.82 bits per heavy atom. The molecule has 0 amide bonds. The normalized spacial score (nSPS) is 11.4. The lowest BCUT2D eigenvalue weighted by Gasteiger charge is -2.11. The molecule has 0 N–H and O–H groups in total. The van der Waals surface area contributed by atoms with Crippen molar-refractivity contribution in [1.82, 2.24) is 4.98 Å². The van der Waals surface area contributed by atoms with Gasteiger partial charge in [0.15, 0.2) is 12.6 Å². The molecular formula is C19H19N2O+. The summed E-state index contributed by atoms with van der Waals surface area (Å²) in [6.45, 7) is 8.06. The molecule has 0 aliphatic rings. The first-order valence-corrected chi connectivity index (χ1v) is 7.28. The summed E-state index contributed by atoms with van der Waals surface area (Å²) in [6.07, 6.45) is 9.57. The van der Waals surface area contributed by atoms with Crippen LogP contribution in [-0.4, -0.2) is 4.98 Å². The Kier molecular flexibility index (Phi) is 3.63. The minimum absolute atomic E-state index is 0.811. The van der Waals surface area contributed by atoms with Crippen LogP contribution in [0.2, 0.25) is 0 Å². The number of rotatable bonds is 3. The summed E-state index contributed by atoms with van der Waals surface area (Å²) in [4.78, 5) is 4.26. The largest absolute Gasteiger partial charge is 0.436 e. The third-order valence-corrected chi connectivity index (χ3v) is 3.98.